The van der Waals surface area contributed by atoms with Crippen molar-refractivity contribution in [1.82, 2.24) is 14.5 Å². The van der Waals surface area contributed by atoms with Crippen LogP contribution >= 0.6 is 0 Å². The van der Waals surface area contributed by atoms with Gasteiger partial charge in [-0.05, 0) is 23.4 Å². The van der Waals surface area contributed by atoms with Gasteiger partial charge in [-0.2, -0.15) is 0 Å². The third kappa shape index (κ3) is 4.41. The first-order valence-electron chi connectivity index (χ1n) is 9.91. The average Bonchev–Trinajstić information content (AvgIpc) is 3.22. The minimum absolute atomic E-state index is 0. The van der Waals surface area contributed by atoms with E-state index in [1.54, 1.807) is 6.20 Å². The summed E-state index contributed by atoms with van der Waals surface area (Å²) in [5, 5.41) is 0. The Balaban J connectivity index is 0.000000156. The summed E-state index contributed by atoms with van der Waals surface area (Å²) in [6, 6.07) is 34.3. The van der Waals surface area contributed by atoms with Gasteiger partial charge in [0.1, 0.15) is 0 Å². The molecule has 3 aromatic carbocycles. The summed E-state index contributed by atoms with van der Waals surface area (Å²) in [5.74, 6) is 1.00. The molecule has 153 valence electrons. The number of hydrogen-bond donors (Lipinski definition) is 0. The van der Waals surface area contributed by atoms with Crippen molar-refractivity contribution in [3.05, 3.63) is 115 Å². The van der Waals surface area contributed by atoms with Crippen molar-refractivity contribution in [1.29, 1.82) is 0 Å². The smallest absolute Gasteiger partial charge is 0.0777 e. The molecule has 3 heterocycles. The topological polar surface area (TPSA) is 30.7 Å². The molecule has 0 N–H and O–H groups in total. The van der Waals surface area contributed by atoms with Crippen LogP contribution in [0.1, 0.15) is 5.56 Å². The zero-order valence-corrected chi connectivity index (χ0v) is 19.1. The van der Waals surface area contributed by atoms with Gasteiger partial charge in [0.15, 0.2) is 0 Å². The second kappa shape index (κ2) is 9.65. The van der Waals surface area contributed by atoms with Crippen molar-refractivity contribution in [3.8, 4) is 22.6 Å². The quantitative estimate of drug-likeness (QED) is 0.238. The molecule has 4 heteroatoms. The van der Waals surface area contributed by atoms with Crippen LogP contribution in [0.25, 0.3) is 39.8 Å². The standard InChI is InChI=1S/C16H11N2.C11H8N.Ir/c1-2-6-13(7-3-1)16-17-14-10-4-8-12-9-5-11-18(16)15(12)14;1-2-6-10(7-3-1)11-8-4-5-9-12-11;/h1-6,8-10H,11H2;1-6,8-9H;/q2*-1;. The Kier molecular flexibility index (Phi) is 6.51. The van der Waals surface area contributed by atoms with Gasteiger partial charge < -0.3 is 9.55 Å². The molecule has 0 saturated heterocycles. The maximum Gasteiger partial charge on any atom is 0.0777 e. The average molecular weight is 578 g/mol. The van der Waals surface area contributed by atoms with Crippen molar-refractivity contribution >= 4 is 17.1 Å². The fourth-order valence-corrected chi connectivity index (χ4v) is 3.62. The number of hydrogen-bond acceptors (Lipinski definition) is 2. The van der Waals surface area contributed by atoms with Crippen LogP contribution in [0.15, 0.2) is 97.2 Å². The van der Waals surface area contributed by atoms with Crippen LogP contribution in [-0.2, 0) is 26.7 Å². The van der Waals surface area contributed by atoms with E-state index in [1.807, 2.05) is 60.7 Å². The van der Waals surface area contributed by atoms with E-state index >= 15 is 0 Å². The van der Waals surface area contributed by atoms with Crippen LogP contribution < -0.4 is 0 Å². The van der Waals surface area contributed by atoms with Crippen molar-refractivity contribution < 1.29 is 20.1 Å². The summed E-state index contributed by atoms with van der Waals surface area (Å²) >= 11 is 0. The summed E-state index contributed by atoms with van der Waals surface area (Å²) in [4.78, 5) is 8.96. The molecule has 2 aromatic heterocycles. The molecule has 31 heavy (non-hydrogen) atoms. The Bertz CT molecular complexity index is 1260. The van der Waals surface area contributed by atoms with E-state index in [1.165, 1.54) is 11.1 Å². The van der Waals surface area contributed by atoms with Crippen molar-refractivity contribution in [2.75, 3.05) is 0 Å². The molecular weight excluding hydrogens is 559 g/mol. The number of nitrogens with zero attached hydrogens (tertiary/aromatic N) is 3. The molecule has 3 nitrogen and oxygen atoms in total. The number of allylic oxidation sites excluding steroid dienone is 1. The first-order valence-corrected chi connectivity index (χ1v) is 9.91. The summed E-state index contributed by atoms with van der Waals surface area (Å²) < 4.78 is 2.26. The van der Waals surface area contributed by atoms with Gasteiger partial charge in [-0.1, -0.05) is 36.4 Å². The van der Waals surface area contributed by atoms with Crippen LogP contribution in [0, 0.1) is 12.1 Å². The number of para-hydroxylation sites is 1. The number of benzene rings is 3. The van der Waals surface area contributed by atoms with Gasteiger partial charge in [-0.3, -0.25) is 4.98 Å². The predicted octanol–water partition coefficient (Wildman–Crippen LogP) is 6.08. The number of rotatable bonds is 2. The molecule has 0 amide bonds. The first-order chi connectivity index (χ1) is 14.9. The number of imidazole rings is 1. The summed E-state index contributed by atoms with van der Waals surface area (Å²) in [5.41, 5.74) is 6.59. The molecule has 0 atom stereocenters. The van der Waals surface area contributed by atoms with Gasteiger partial charge >= 0.3 is 0 Å². The Morgan fingerprint density at radius 2 is 1.55 bits per heavy atom. The van der Waals surface area contributed by atoms with Crippen LogP contribution in [0.2, 0.25) is 0 Å². The van der Waals surface area contributed by atoms with Gasteiger partial charge in [0.25, 0.3) is 0 Å². The second-order valence-electron chi connectivity index (χ2n) is 6.93. The SMILES string of the molecule is [Ir].[c-]1ccccc1-c1ccccn1.[c-]1ccccc1-c1nc2cccc3c2n1CC=C3. The van der Waals surface area contributed by atoms with E-state index in [4.69, 9.17) is 4.98 Å². The fraction of sp³-hybridized carbons (Fsp3) is 0.0370. The maximum absolute atomic E-state index is 4.75. The Hall–Kier alpha value is -3.33. The molecule has 0 spiro atoms. The zero-order valence-electron chi connectivity index (χ0n) is 16.7. The molecule has 0 saturated carbocycles. The Morgan fingerprint density at radius 3 is 2.26 bits per heavy atom. The van der Waals surface area contributed by atoms with Crippen molar-refractivity contribution in [3.63, 3.8) is 0 Å². The third-order valence-electron chi connectivity index (χ3n) is 4.98. The first kappa shape index (κ1) is 20.9. The third-order valence-corrected chi connectivity index (χ3v) is 4.98. The molecule has 6 rings (SSSR count). The molecule has 1 radical (unpaired) electrons. The second-order valence-corrected chi connectivity index (χ2v) is 6.93. The predicted molar refractivity (Wildman–Crippen MR) is 122 cm³/mol. The summed E-state index contributed by atoms with van der Waals surface area (Å²) in [6.07, 6.45) is 6.13. The molecular formula is C27H19IrN3-2. The monoisotopic (exact) mass is 578 g/mol. The van der Waals surface area contributed by atoms with Gasteiger partial charge in [-0.15, -0.1) is 71.8 Å². The molecule has 0 bridgehead atoms. The largest absolute Gasteiger partial charge is 0.360 e. The summed E-state index contributed by atoms with van der Waals surface area (Å²) in [7, 11) is 0. The molecule has 0 fully saturated rings. The van der Waals surface area contributed by atoms with E-state index in [2.05, 4.69) is 58.1 Å². The van der Waals surface area contributed by atoms with Gasteiger partial charge in [-0.25, -0.2) is 0 Å². The van der Waals surface area contributed by atoms with Gasteiger partial charge in [0.05, 0.1) is 16.9 Å². The Labute approximate surface area is 195 Å². The molecule has 1 aliphatic heterocycles. The van der Waals surface area contributed by atoms with Crippen molar-refractivity contribution in [2.45, 2.75) is 6.54 Å². The summed E-state index contributed by atoms with van der Waals surface area (Å²) in [6.45, 7) is 0.881. The van der Waals surface area contributed by atoms with E-state index in [-0.39, 0.29) is 20.1 Å². The minimum Gasteiger partial charge on any atom is -0.360 e. The molecule has 5 aromatic rings. The number of pyridine rings is 1. The molecule has 1 aliphatic rings. The van der Waals surface area contributed by atoms with Crippen LogP contribution in [0.5, 0.6) is 0 Å². The van der Waals surface area contributed by atoms with Crippen LogP contribution in [0.4, 0.5) is 0 Å². The molecule has 0 unspecified atom stereocenters. The minimum atomic E-state index is 0. The van der Waals surface area contributed by atoms with Crippen LogP contribution in [0.3, 0.4) is 0 Å². The molecule has 0 aliphatic carbocycles. The van der Waals surface area contributed by atoms with E-state index < -0.39 is 0 Å². The number of aromatic nitrogens is 3. The zero-order chi connectivity index (χ0) is 20.2. The van der Waals surface area contributed by atoms with Crippen molar-refractivity contribution in [2.24, 2.45) is 0 Å². The van der Waals surface area contributed by atoms with E-state index in [0.717, 1.165) is 34.7 Å². The van der Waals surface area contributed by atoms with E-state index in [0.29, 0.717) is 0 Å². The maximum atomic E-state index is 4.75. The fourth-order valence-electron chi connectivity index (χ4n) is 3.62. The Morgan fingerprint density at radius 1 is 0.774 bits per heavy atom. The van der Waals surface area contributed by atoms with Gasteiger partial charge in [0, 0.05) is 32.8 Å². The van der Waals surface area contributed by atoms with Gasteiger partial charge in [0.2, 0.25) is 0 Å². The van der Waals surface area contributed by atoms with Crippen LogP contribution in [-0.4, -0.2) is 14.5 Å². The van der Waals surface area contributed by atoms with E-state index in [9.17, 15) is 0 Å². The normalized spacial score (nSPS) is 11.4.